The smallest absolute Gasteiger partial charge is 0.252 e. The largest absolute Gasteiger partial charge is 0.355 e. The van der Waals surface area contributed by atoms with E-state index in [2.05, 4.69) is 10.6 Å². The zero-order valence-corrected chi connectivity index (χ0v) is 12.7. The van der Waals surface area contributed by atoms with Crippen molar-refractivity contribution in [3.05, 3.63) is 28.8 Å². The molecule has 0 aromatic heterocycles. The number of benzene rings is 1. The fourth-order valence-electron chi connectivity index (χ4n) is 1.82. The van der Waals surface area contributed by atoms with Crippen LogP contribution >= 0.6 is 11.6 Å². The highest BCUT2D eigenvalue weighted by Crippen LogP contribution is 2.21. The Bertz CT molecular complexity index is 515. The van der Waals surface area contributed by atoms with E-state index >= 15 is 0 Å². The fourth-order valence-corrected chi connectivity index (χ4v) is 2.02. The number of anilines is 1. The number of carbonyl (C=O) groups excluding carboxylic acids is 2. The third-order valence-corrected chi connectivity index (χ3v) is 3.31. The van der Waals surface area contributed by atoms with Crippen LogP contribution in [-0.2, 0) is 4.79 Å². The van der Waals surface area contributed by atoms with E-state index in [0.717, 1.165) is 6.42 Å². The minimum atomic E-state index is -0.943. The first-order chi connectivity index (χ1) is 9.31. The van der Waals surface area contributed by atoms with Crippen molar-refractivity contribution in [1.82, 2.24) is 5.32 Å². The first kappa shape index (κ1) is 16.5. The van der Waals surface area contributed by atoms with Gasteiger partial charge in [0, 0.05) is 12.7 Å². The van der Waals surface area contributed by atoms with Gasteiger partial charge in [0.05, 0.1) is 16.1 Å². The van der Waals surface area contributed by atoms with Crippen LogP contribution in [0.25, 0.3) is 0 Å². The quantitative estimate of drug-likeness (QED) is 0.778. The highest BCUT2D eigenvalue weighted by atomic mass is 35.5. The molecular formula is C14H20ClN3O2. The monoisotopic (exact) mass is 297 g/mol. The summed E-state index contributed by atoms with van der Waals surface area (Å²) in [5, 5.41) is 5.53. The van der Waals surface area contributed by atoms with E-state index in [1.165, 1.54) is 13.1 Å². The number of halogens is 1. The van der Waals surface area contributed by atoms with Crippen LogP contribution in [0, 0.1) is 0 Å². The molecule has 4 N–H and O–H groups in total. The molecule has 0 bridgehead atoms. The number of amides is 2. The molecule has 1 aromatic carbocycles. The van der Waals surface area contributed by atoms with Crippen LogP contribution in [0.1, 0.15) is 37.0 Å². The SMILES string of the molecule is CCCC(C)(N)C(=O)Nc1ccc(Cl)c(C(=O)NC)c1. The molecule has 1 rings (SSSR count). The van der Waals surface area contributed by atoms with Crippen LogP contribution < -0.4 is 16.4 Å². The summed E-state index contributed by atoms with van der Waals surface area (Å²) in [5.41, 5.74) is 5.81. The highest BCUT2D eigenvalue weighted by molar-refractivity contribution is 6.34. The molecule has 0 aliphatic heterocycles. The zero-order valence-electron chi connectivity index (χ0n) is 11.9. The van der Waals surface area contributed by atoms with E-state index in [0.29, 0.717) is 22.7 Å². The summed E-state index contributed by atoms with van der Waals surface area (Å²) in [4.78, 5) is 23.7. The second-order valence-corrected chi connectivity index (χ2v) is 5.30. The highest BCUT2D eigenvalue weighted by Gasteiger charge is 2.27. The summed E-state index contributed by atoms with van der Waals surface area (Å²) < 4.78 is 0. The number of nitrogens with two attached hydrogens (primary N) is 1. The average Bonchev–Trinajstić information content (AvgIpc) is 2.39. The molecule has 0 radical (unpaired) electrons. The molecule has 0 saturated heterocycles. The normalized spacial score (nSPS) is 13.4. The number of hydrogen-bond acceptors (Lipinski definition) is 3. The van der Waals surface area contributed by atoms with E-state index in [-0.39, 0.29) is 11.8 Å². The molecule has 0 spiro atoms. The molecule has 110 valence electrons. The van der Waals surface area contributed by atoms with Gasteiger partial charge in [0.15, 0.2) is 0 Å². The second kappa shape index (κ2) is 6.72. The standard InChI is InChI=1S/C14H20ClN3O2/c1-4-7-14(2,16)13(20)18-9-5-6-11(15)10(8-9)12(19)17-3/h5-6,8H,4,7,16H2,1-3H3,(H,17,19)(H,18,20). The molecule has 1 atom stereocenters. The Morgan fingerprint density at radius 2 is 2.05 bits per heavy atom. The first-order valence-corrected chi connectivity index (χ1v) is 6.81. The minimum Gasteiger partial charge on any atom is -0.355 e. The fraction of sp³-hybridized carbons (Fsp3) is 0.429. The lowest BCUT2D eigenvalue weighted by Gasteiger charge is -2.23. The number of carbonyl (C=O) groups is 2. The molecule has 5 nitrogen and oxygen atoms in total. The Hall–Kier alpha value is -1.59. The Morgan fingerprint density at radius 1 is 1.40 bits per heavy atom. The lowest BCUT2D eigenvalue weighted by molar-refractivity contribution is -0.120. The molecule has 0 saturated carbocycles. The zero-order chi connectivity index (χ0) is 15.3. The molecule has 20 heavy (non-hydrogen) atoms. The van der Waals surface area contributed by atoms with Gasteiger partial charge in [0.2, 0.25) is 5.91 Å². The summed E-state index contributed by atoms with van der Waals surface area (Å²) in [7, 11) is 1.52. The van der Waals surface area contributed by atoms with Crippen LogP contribution in [0.5, 0.6) is 0 Å². The summed E-state index contributed by atoms with van der Waals surface area (Å²) in [5.74, 6) is -0.598. The summed E-state index contributed by atoms with van der Waals surface area (Å²) in [6.45, 7) is 3.64. The van der Waals surface area contributed by atoms with E-state index in [1.54, 1.807) is 19.1 Å². The van der Waals surface area contributed by atoms with Crippen LogP contribution in [0.3, 0.4) is 0 Å². The predicted molar refractivity (Wildman–Crippen MR) is 81.0 cm³/mol. The molecule has 1 unspecified atom stereocenters. The summed E-state index contributed by atoms with van der Waals surface area (Å²) in [6.07, 6.45) is 1.39. The topological polar surface area (TPSA) is 84.2 Å². The third kappa shape index (κ3) is 3.95. The van der Waals surface area contributed by atoms with Crippen LogP contribution in [0.4, 0.5) is 5.69 Å². The van der Waals surface area contributed by atoms with Gasteiger partial charge in [0.25, 0.3) is 5.91 Å². The van der Waals surface area contributed by atoms with Crippen LogP contribution in [-0.4, -0.2) is 24.4 Å². The number of rotatable bonds is 5. The molecule has 0 aliphatic rings. The van der Waals surface area contributed by atoms with Gasteiger partial charge in [-0.05, 0) is 31.5 Å². The van der Waals surface area contributed by atoms with Crippen molar-refractivity contribution in [3.8, 4) is 0 Å². The predicted octanol–water partition coefficient (Wildman–Crippen LogP) is 2.16. The van der Waals surface area contributed by atoms with Crippen molar-refractivity contribution in [2.45, 2.75) is 32.2 Å². The van der Waals surface area contributed by atoms with Gasteiger partial charge in [-0.25, -0.2) is 0 Å². The third-order valence-electron chi connectivity index (χ3n) is 2.98. The Balaban J connectivity index is 2.94. The van der Waals surface area contributed by atoms with Crippen molar-refractivity contribution in [1.29, 1.82) is 0 Å². The van der Waals surface area contributed by atoms with Gasteiger partial charge in [-0.3, -0.25) is 9.59 Å². The van der Waals surface area contributed by atoms with E-state index in [1.807, 2.05) is 6.92 Å². The lowest BCUT2D eigenvalue weighted by Crippen LogP contribution is -2.48. The Kier molecular flexibility index (Phi) is 5.53. The molecule has 2 amide bonds. The lowest BCUT2D eigenvalue weighted by atomic mass is 9.96. The van der Waals surface area contributed by atoms with Crippen molar-refractivity contribution < 1.29 is 9.59 Å². The minimum absolute atomic E-state index is 0.287. The van der Waals surface area contributed by atoms with E-state index in [4.69, 9.17) is 17.3 Å². The van der Waals surface area contributed by atoms with Gasteiger partial charge >= 0.3 is 0 Å². The van der Waals surface area contributed by atoms with Gasteiger partial charge in [-0.1, -0.05) is 24.9 Å². The van der Waals surface area contributed by atoms with Gasteiger partial charge in [0.1, 0.15) is 0 Å². The van der Waals surface area contributed by atoms with Gasteiger partial charge in [-0.2, -0.15) is 0 Å². The molecule has 6 heteroatoms. The van der Waals surface area contributed by atoms with E-state index in [9.17, 15) is 9.59 Å². The van der Waals surface area contributed by atoms with Gasteiger partial charge in [-0.15, -0.1) is 0 Å². The average molecular weight is 298 g/mol. The van der Waals surface area contributed by atoms with Crippen molar-refractivity contribution in [2.75, 3.05) is 12.4 Å². The van der Waals surface area contributed by atoms with Crippen molar-refractivity contribution >= 4 is 29.1 Å². The Morgan fingerprint density at radius 3 is 2.60 bits per heavy atom. The maximum atomic E-state index is 12.1. The van der Waals surface area contributed by atoms with Crippen molar-refractivity contribution in [3.63, 3.8) is 0 Å². The van der Waals surface area contributed by atoms with Crippen molar-refractivity contribution in [2.24, 2.45) is 5.73 Å². The molecule has 0 heterocycles. The Labute approximate surface area is 123 Å². The maximum absolute atomic E-state index is 12.1. The second-order valence-electron chi connectivity index (χ2n) is 4.90. The first-order valence-electron chi connectivity index (χ1n) is 6.43. The number of nitrogens with one attached hydrogen (secondary N) is 2. The van der Waals surface area contributed by atoms with Gasteiger partial charge < -0.3 is 16.4 Å². The number of hydrogen-bond donors (Lipinski definition) is 3. The molecular weight excluding hydrogens is 278 g/mol. The summed E-state index contributed by atoms with van der Waals surface area (Å²) >= 11 is 5.95. The maximum Gasteiger partial charge on any atom is 0.252 e. The van der Waals surface area contributed by atoms with Crippen LogP contribution in [0.2, 0.25) is 5.02 Å². The van der Waals surface area contributed by atoms with E-state index < -0.39 is 5.54 Å². The molecule has 1 aromatic rings. The van der Waals surface area contributed by atoms with Crippen LogP contribution in [0.15, 0.2) is 18.2 Å². The molecule has 0 fully saturated rings. The summed E-state index contributed by atoms with van der Waals surface area (Å²) in [6, 6.07) is 4.73. The molecule has 0 aliphatic carbocycles.